The van der Waals surface area contributed by atoms with E-state index in [2.05, 4.69) is 11.1 Å². The van der Waals surface area contributed by atoms with Gasteiger partial charge in [0, 0.05) is 28.7 Å². The van der Waals surface area contributed by atoms with Crippen molar-refractivity contribution in [2.75, 3.05) is 0 Å². The number of benzene rings is 2. The summed E-state index contributed by atoms with van der Waals surface area (Å²) in [6.07, 6.45) is 1.79. The van der Waals surface area contributed by atoms with Gasteiger partial charge in [0.2, 0.25) is 0 Å². The Bertz CT molecular complexity index is 774. The number of hydrogen-bond donors (Lipinski definition) is 1. The molecule has 0 saturated heterocycles. The third kappa shape index (κ3) is 3.15. The van der Waals surface area contributed by atoms with Gasteiger partial charge in [0.05, 0.1) is 5.52 Å². The molecule has 106 valence electrons. The molecule has 2 aromatic carbocycles. The molecule has 0 aliphatic heterocycles. The van der Waals surface area contributed by atoms with Crippen molar-refractivity contribution in [2.24, 2.45) is 5.73 Å². The standard InChI is InChI=1S/C17H15ClN2O/c18-15-5-4-14(10-19)17(9-15)21-11-12-3-6-16-13(8-12)2-1-7-20-16/h1-9H,10-11,19H2. The topological polar surface area (TPSA) is 48.1 Å². The Morgan fingerprint density at radius 2 is 2.00 bits per heavy atom. The lowest BCUT2D eigenvalue weighted by Gasteiger charge is -2.11. The second kappa shape index (κ2) is 6.12. The summed E-state index contributed by atoms with van der Waals surface area (Å²) < 4.78 is 5.86. The zero-order chi connectivity index (χ0) is 14.7. The zero-order valence-electron chi connectivity index (χ0n) is 11.4. The van der Waals surface area contributed by atoms with E-state index in [1.165, 1.54) is 0 Å². The van der Waals surface area contributed by atoms with Crippen LogP contribution in [0.5, 0.6) is 5.75 Å². The van der Waals surface area contributed by atoms with E-state index in [1.54, 1.807) is 12.3 Å². The summed E-state index contributed by atoms with van der Waals surface area (Å²) in [6, 6.07) is 15.6. The number of fused-ring (bicyclic) bond motifs is 1. The number of nitrogens with zero attached hydrogens (tertiary/aromatic N) is 1. The van der Waals surface area contributed by atoms with Crippen molar-refractivity contribution >= 4 is 22.5 Å². The number of nitrogens with two attached hydrogens (primary N) is 1. The SMILES string of the molecule is NCc1ccc(Cl)cc1OCc1ccc2ncccc2c1. The lowest BCUT2D eigenvalue weighted by Crippen LogP contribution is -2.02. The van der Waals surface area contributed by atoms with Gasteiger partial charge in [0.1, 0.15) is 12.4 Å². The summed E-state index contributed by atoms with van der Waals surface area (Å²) in [5, 5.41) is 1.74. The number of halogens is 1. The van der Waals surface area contributed by atoms with Gasteiger partial charge in [-0.1, -0.05) is 29.8 Å². The molecule has 21 heavy (non-hydrogen) atoms. The van der Waals surface area contributed by atoms with Crippen LogP contribution >= 0.6 is 11.6 Å². The van der Waals surface area contributed by atoms with Crippen molar-refractivity contribution in [2.45, 2.75) is 13.2 Å². The Kier molecular flexibility index (Phi) is 4.04. The van der Waals surface area contributed by atoms with Crippen LogP contribution in [-0.4, -0.2) is 4.98 Å². The first-order chi connectivity index (χ1) is 10.3. The van der Waals surface area contributed by atoms with E-state index in [9.17, 15) is 0 Å². The predicted molar refractivity (Wildman–Crippen MR) is 85.4 cm³/mol. The Labute approximate surface area is 128 Å². The molecular weight excluding hydrogens is 284 g/mol. The van der Waals surface area contributed by atoms with Crippen molar-refractivity contribution in [3.8, 4) is 5.75 Å². The van der Waals surface area contributed by atoms with Gasteiger partial charge in [-0.25, -0.2) is 0 Å². The summed E-state index contributed by atoms with van der Waals surface area (Å²) in [4.78, 5) is 4.30. The number of ether oxygens (including phenoxy) is 1. The van der Waals surface area contributed by atoms with Crippen molar-refractivity contribution in [3.05, 3.63) is 70.9 Å². The van der Waals surface area contributed by atoms with E-state index < -0.39 is 0 Å². The molecule has 0 bridgehead atoms. The van der Waals surface area contributed by atoms with E-state index in [0.717, 1.165) is 27.8 Å². The van der Waals surface area contributed by atoms with Gasteiger partial charge < -0.3 is 10.5 Å². The van der Waals surface area contributed by atoms with Crippen LogP contribution < -0.4 is 10.5 Å². The molecule has 3 rings (SSSR count). The summed E-state index contributed by atoms with van der Waals surface area (Å²) in [6.45, 7) is 0.895. The molecule has 3 nitrogen and oxygen atoms in total. The fourth-order valence-corrected chi connectivity index (χ4v) is 2.37. The minimum atomic E-state index is 0.425. The van der Waals surface area contributed by atoms with E-state index in [4.69, 9.17) is 22.1 Å². The first-order valence-corrected chi connectivity index (χ1v) is 7.09. The van der Waals surface area contributed by atoms with Crippen LogP contribution in [0.1, 0.15) is 11.1 Å². The molecule has 0 aliphatic carbocycles. The van der Waals surface area contributed by atoms with E-state index in [1.807, 2.05) is 36.4 Å². The average molecular weight is 299 g/mol. The molecule has 1 aromatic heterocycles. The van der Waals surface area contributed by atoms with Crippen molar-refractivity contribution in [1.82, 2.24) is 4.98 Å². The maximum absolute atomic E-state index is 6.00. The number of hydrogen-bond acceptors (Lipinski definition) is 3. The largest absolute Gasteiger partial charge is 0.489 e. The summed E-state index contributed by atoms with van der Waals surface area (Å²) in [5.41, 5.74) is 8.72. The molecule has 0 atom stereocenters. The van der Waals surface area contributed by atoms with Gasteiger partial charge in [-0.3, -0.25) is 4.98 Å². The maximum atomic E-state index is 6.00. The van der Waals surface area contributed by atoms with Gasteiger partial charge in [-0.15, -0.1) is 0 Å². The first kappa shape index (κ1) is 13.9. The lowest BCUT2D eigenvalue weighted by atomic mass is 10.1. The van der Waals surface area contributed by atoms with E-state index in [0.29, 0.717) is 18.2 Å². The third-order valence-electron chi connectivity index (χ3n) is 3.31. The van der Waals surface area contributed by atoms with Crippen LogP contribution in [0.2, 0.25) is 5.02 Å². The van der Waals surface area contributed by atoms with E-state index >= 15 is 0 Å². The highest BCUT2D eigenvalue weighted by molar-refractivity contribution is 6.30. The molecule has 3 aromatic rings. The minimum absolute atomic E-state index is 0.425. The molecule has 2 N–H and O–H groups in total. The minimum Gasteiger partial charge on any atom is -0.489 e. The van der Waals surface area contributed by atoms with Crippen molar-refractivity contribution in [1.29, 1.82) is 0 Å². The maximum Gasteiger partial charge on any atom is 0.125 e. The quantitative estimate of drug-likeness (QED) is 0.794. The fraction of sp³-hybridized carbons (Fsp3) is 0.118. The van der Waals surface area contributed by atoms with Crippen LogP contribution in [0.15, 0.2) is 54.7 Å². The fourth-order valence-electron chi connectivity index (χ4n) is 2.21. The van der Waals surface area contributed by atoms with Crippen LogP contribution in [0.3, 0.4) is 0 Å². The number of pyridine rings is 1. The lowest BCUT2D eigenvalue weighted by molar-refractivity contribution is 0.303. The Morgan fingerprint density at radius 3 is 2.86 bits per heavy atom. The summed E-state index contributed by atoms with van der Waals surface area (Å²) in [7, 11) is 0. The van der Waals surface area contributed by atoms with Gasteiger partial charge in [0.25, 0.3) is 0 Å². The van der Waals surface area contributed by atoms with Crippen molar-refractivity contribution in [3.63, 3.8) is 0 Å². The predicted octanol–water partition coefficient (Wildman–Crippen LogP) is 3.93. The number of rotatable bonds is 4. The monoisotopic (exact) mass is 298 g/mol. The molecule has 4 heteroatoms. The third-order valence-corrected chi connectivity index (χ3v) is 3.55. The Morgan fingerprint density at radius 1 is 1.10 bits per heavy atom. The molecule has 0 radical (unpaired) electrons. The van der Waals surface area contributed by atoms with Crippen LogP contribution in [0, 0.1) is 0 Å². The van der Waals surface area contributed by atoms with Gasteiger partial charge in [-0.2, -0.15) is 0 Å². The Hall–Kier alpha value is -2.10. The first-order valence-electron chi connectivity index (χ1n) is 6.71. The highest BCUT2D eigenvalue weighted by Gasteiger charge is 2.04. The summed E-state index contributed by atoms with van der Waals surface area (Å²) >= 11 is 6.00. The Balaban J connectivity index is 1.81. The second-order valence-corrected chi connectivity index (χ2v) is 5.21. The highest BCUT2D eigenvalue weighted by atomic mass is 35.5. The van der Waals surface area contributed by atoms with Crippen LogP contribution in [0.25, 0.3) is 10.9 Å². The molecule has 0 spiro atoms. The average Bonchev–Trinajstić information content (AvgIpc) is 2.53. The molecular formula is C17H15ClN2O. The molecule has 0 amide bonds. The highest BCUT2D eigenvalue weighted by Crippen LogP contribution is 2.24. The zero-order valence-corrected chi connectivity index (χ0v) is 12.2. The normalized spacial score (nSPS) is 10.8. The van der Waals surface area contributed by atoms with Gasteiger partial charge in [0.15, 0.2) is 0 Å². The molecule has 0 fully saturated rings. The smallest absolute Gasteiger partial charge is 0.125 e. The van der Waals surface area contributed by atoms with E-state index in [-0.39, 0.29) is 0 Å². The molecule has 1 heterocycles. The molecule has 0 aliphatic rings. The van der Waals surface area contributed by atoms with Crippen LogP contribution in [0.4, 0.5) is 0 Å². The second-order valence-electron chi connectivity index (χ2n) is 4.78. The van der Waals surface area contributed by atoms with Crippen LogP contribution in [-0.2, 0) is 13.2 Å². The molecule has 0 unspecified atom stereocenters. The molecule has 0 saturated carbocycles. The summed E-state index contributed by atoms with van der Waals surface area (Å²) in [5.74, 6) is 0.733. The van der Waals surface area contributed by atoms with Gasteiger partial charge in [-0.05, 0) is 35.9 Å². The van der Waals surface area contributed by atoms with Gasteiger partial charge >= 0.3 is 0 Å². The number of aromatic nitrogens is 1. The van der Waals surface area contributed by atoms with Crippen molar-refractivity contribution < 1.29 is 4.74 Å².